The third-order valence-electron chi connectivity index (χ3n) is 6.93. The van der Waals surface area contributed by atoms with Gasteiger partial charge in [0.25, 0.3) is 5.91 Å². The highest BCUT2D eigenvalue weighted by atomic mass is 16.5. The molecule has 0 aliphatic carbocycles. The SMILES string of the molecule is Cc1cccc(CC(=O)Cc2ccc(Oc3ccnc(-c4cc(C(=O)N5CCC[C@@H](C)C5)c[nH]4)c3)cc2)c1. The number of pyridine rings is 1. The molecule has 194 valence electrons. The highest BCUT2D eigenvalue weighted by Crippen LogP contribution is 2.27. The minimum atomic E-state index is 0.0592. The molecule has 1 aliphatic rings. The molecular weight excluding hydrogens is 474 g/mol. The van der Waals surface area contributed by atoms with Crippen LogP contribution in [0.4, 0.5) is 0 Å². The summed E-state index contributed by atoms with van der Waals surface area (Å²) in [5, 5.41) is 0. The van der Waals surface area contributed by atoms with Gasteiger partial charge in [0.1, 0.15) is 17.3 Å². The molecule has 1 atom stereocenters. The van der Waals surface area contributed by atoms with Gasteiger partial charge in [-0.1, -0.05) is 48.9 Å². The number of carbonyl (C=O) groups is 2. The van der Waals surface area contributed by atoms with Gasteiger partial charge in [-0.25, -0.2) is 0 Å². The Morgan fingerprint density at radius 3 is 2.61 bits per heavy atom. The lowest BCUT2D eigenvalue weighted by molar-refractivity contribution is -0.117. The fraction of sp³-hybridized carbons (Fsp3) is 0.281. The normalized spacial score (nSPS) is 15.3. The summed E-state index contributed by atoms with van der Waals surface area (Å²) in [4.78, 5) is 35.1. The van der Waals surface area contributed by atoms with Gasteiger partial charge in [-0.15, -0.1) is 0 Å². The highest BCUT2D eigenvalue weighted by molar-refractivity contribution is 5.95. The molecule has 1 fully saturated rings. The van der Waals surface area contributed by atoms with Crippen molar-refractivity contribution < 1.29 is 14.3 Å². The Kier molecular flexibility index (Phi) is 7.68. The number of amides is 1. The first-order valence-corrected chi connectivity index (χ1v) is 13.2. The van der Waals surface area contributed by atoms with E-state index in [4.69, 9.17) is 4.74 Å². The van der Waals surface area contributed by atoms with Crippen LogP contribution in [0.25, 0.3) is 11.4 Å². The Labute approximate surface area is 223 Å². The van der Waals surface area contributed by atoms with Crippen molar-refractivity contribution in [3.05, 3.63) is 101 Å². The molecule has 1 amide bonds. The van der Waals surface area contributed by atoms with Crippen LogP contribution in [0.5, 0.6) is 11.5 Å². The molecule has 0 radical (unpaired) electrons. The lowest BCUT2D eigenvalue weighted by atomic mass is 10.00. The second kappa shape index (κ2) is 11.5. The number of carbonyl (C=O) groups excluding carboxylic acids is 2. The van der Waals surface area contributed by atoms with Gasteiger partial charge in [-0.2, -0.15) is 0 Å². The molecule has 0 spiro atoms. The van der Waals surface area contributed by atoms with E-state index in [1.165, 1.54) is 6.42 Å². The molecule has 4 aromatic rings. The van der Waals surface area contributed by atoms with Gasteiger partial charge >= 0.3 is 0 Å². The molecule has 5 rings (SSSR count). The van der Waals surface area contributed by atoms with Crippen LogP contribution in [-0.2, 0) is 17.6 Å². The molecule has 0 bridgehead atoms. The van der Waals surface area contributed by atoms with Crippen molar-refractivity contribution in [2.24, 2.45) is 5.92 Å². The maximum atomic E-state index is 12.9. The number of likely N-dealkylation sites (tertiary alicyclic amines) is 1. The summed E-state index contributed by atoms with van der Waals surface area (Å²) in [5.41, 5.74) is 5.28. The van der Waals surface area contributed by atoms with Crippen LogP contribution in [0.2, 0.25) is 0 Å². The molecule has 38 heavy (non-hydrogen) atoms. The average molecular weight is 508 g/mol. The Bertz CT molecular complexity index is 1420. The summed E-state index contributed by atoms with van der Waals surface area (Å²) in [6, 6.07) is 21.2. The van der Waals surface area contributed by atoms with Gasteiger partial charge in [0.2, 0.25) is 0 Å². The van der Waals surface area contributed by atoms with Gasteiger partial charge in [0.15, 0.2) is 0 Å². The van der Waals surface area contributed by atoms with Crippen LogP contribution < -0.4 is 4.74 Å². The van der Waals surface area contributed by atoms with Crippen LogP contribution >= 0.6 is 0 Å². The number of rotatable bonds is 8. The van der Waals surface area contributed by atoms with E-state index < -0.39 is 0 Å². The molecule has 2 aromatic carbocycles. The number of Topliss-reactive ketones (excluding diaryl/α,β-unsaturated/α-hetero) is 1. The maximum absolute atomic E-state index is 12.9. The molecule has 1 aliphatic heterocycles. The van der Waals surface area contributed by atoms with Crippen LogP contribution in [0.3, 0.4) is 0 Å². The predicted molar refractivity (Wildman–Crippen MR) is 148 cm³/mol. The van der Waals surface area contributed by atoms with E-state index in [0.29, 0.717) is 41.5 Å². The Balaban J connectivity index is 1.20. The zero-order valence-electron chi connectivity index (χ0n) is 21.9. The first kappa shape index (κ1) is 25.5. The number of aryl methyl sites for hydroxylation is 1. The van der Waals surface area contributed by atoms with Crippen LogP contribution in [0, 0.1) is 12.8 Å². The summed E-state index contributed by atoms with van der Waals surface area (Å²) in [5.74, 6) is 2.10. The number of nitrogens with zero attached hydrogens (tertiary/aromatic N) is 2. The third kappa shape index (κ3) is 6.38. The fourth-order valence-corrected chi connectivity index (χ4v) is 5.00. The lowest BCUT2D eigenvalue weighted by Gasteiger charge is -2.30. The van der Waals surface area contributed by atoms with Crippen molar-refractivity contribution in [1.82, 2.24) is 14.9 Å². The Hall–Kier alpha value is -4.19. The molecule has 0 saturated carbocycles. The van der Waals surface area contributed by atoms with Crippen LogP contribution in [0.1, 0.15) is 46.8 Å². The number of benzene rings is 2. The van der Waals surface area contributed by atoms with E-state index in [1.54, 1.807) is 18.5 Å². The van der Waals surface area contributed by atoms with Crippen molar-refractivity contribution in [1.29, 1.82) is 0 Å². The minimum absolute atomic E-state index is 0.0592. The molecule has 1 N–H and O–H groups in total. The summed E-state index contributed by atoms with van der Waals surface area (Å²) < 4.78 is 6.06. The zero-order chi connectivity index (χ0) is 26.5. The maximum Gasteiger partial charge on any atom is 0.255 e. The van der Waals surface area contributed by atoms with Gasteiger partial charge in [-0.05, 0) is 61.1 Å². The lowest BCUT2D eigenvalue weighted by Crippen LogP contribution is -2.38. The standard InChI is InChI=1S/C32H33N3O3/c1-22-5-3-7-25(15-22)17-27(36)16-24-8-10-28(11-9-24)38-29-12-13-33-31(19-29)30-18-26(20-34-30)32(37)35-14-4-6-23(2)21-35/h3,5,7-13,15,18-20,23,34H,4,6,14,16-17,21H2,1-2H3/t23-/m1/s1. The first-order valence-electron chi connectivity index (χ1n) is 13.2. The van der Waals surface area contributed by atoms with Crippen LogP contribution in [-0.4, -0.2) is 39.6 Å². The van der Waals surface area contributed by atoms with Gasteiger partial charge in [0, 0.05) is 44.4 Å². The van der Waals surface area contributed by atoms with E-state index in [2.05, 4.69) is 23.0 Å². The second-order valence-electron chi connectivity index (χ2n) is 10.3. The highest BCUT2D eigenvalue weighted by Gasteiger charge is 2.23. The van der Waals surface area contributed by atoms with E-state index in [1.807, 2.05) is 66.4 Å². The molecule has 3 heterocycles. The zero-order valence-corrected chi connectivity index (χ0v) is 21.9. The molecule has 6 heteroatoms. The number of H-pyrrole nitrogens is 1. The smallest absolute Gasteiger partial charge is 0.255 e. The van der Waals surface area contributed by atoms with E-state index >= 15 is 0 Å². The van der Waals surface area contributed by atoms with Crippen molar-refractivity contribution in [2.75, 3.05) is 13.1 Å². The molecule has 2 aromatic heterocycles. The Morgan fingerprint density at radius 2 is 1.82 bits per heavy atom. The third-order valence-corrected chi connectivity index (χ3v) is 6.93. The topological polar surface area (TPSA) is 75.3 Å². The van der Waals surface area contributed by atoms with E-state index in [0.717, 1.165) is 41.9 Å². The fourth-order valence-electron chi connectivity index (χ4n) is 5.00. The van der Waals surface area contributed by atoms with E-state index in [-0.39, 0.29) is 11.7 Å². The van der Waals surface area contributed by atoms with Crippen molar-refractivity contribution >= 4 is 11.7 Å². The average Bonchev–Trinajstić information content (AvgIpc) is 3.40. The number of aromatic amines is 1. The summed E-state index contributed by atoms with van der Waals surface area (Å²) >= 11 is 0. The number of piperidine rings is 1. The summed E-state index contributed by atoms with van der Waals surface area (Å²) in [7, 11) is 0. The summed E-state index contributed by atoms with van der Waals surface area (Å²) in [6.07, 6.45) is 6.49. The van der Waals surface area contributed by atoms with Gasteiger partial charge in [-0.3, -0.25) is 14.6 Å². The number of nitrogens with one attached hydrogen (secondary N) is 1. The molecule has 1 saturated heterocycles. The molecule has 0 unspecified atom stereocenters. The minimum Gasteiger partial charge on any atom is -0.457 e. The molecular formula is C32H33N3O3. The van der Waals surface area contributed by atoms with Crippen molar-refractivity contribution in [3.8, 4) is 22.9 Å². The van der Waals surface area contributed by atoms with Gasteiger partial charge in [0.05, 0.1) is 17.0 Å². The number of hydrogen-bond acceptors (Lipinski definition) is 4. The largest absolute Gasteiger partial charge is 0.457 e. The summed E-state index contributed by atoms with van der Waals surface area (Å²) in [6.45, 7) is 5.84. The predicted octanol–water partition coefficient (Wildman–Crippen LogP) is 6.40. The van der Waals surface area contributed by atoms with Crippen molar-refractivity contribution in [2.45, 2.75) is 39.5 Å². The van der Waals surface area contributed by atoms with Crippen molar-refractivity contribution in [3.63, 3.8) is 0 Å². The first-order chi connectivity index (χ1) is 18.4. The number of hydrogen-bond donors (Lipinski definition) is 1. The molecule has 6 nitrogen and oxygen atoms in total. The number of ether oxygens (including phenoxy) is 1. The van der Waals surface area contributed by atoms with E-state index in [9.17, 15) is 9.59 Å². The van der Waals surface area contributed by atoms with Gasteiger partial charge < -0.3 is 14.6 Å². The van der Waals surface area contributed by atoms with Crippen LogP contribution in [0.15, 0.2) is 79.1 Å². The Morgan fingerprint density at radius 1 is 1.00 bits per heavy atom. The quantitative estimate of drug-likeness (QED) is 0.299. The number of ketones is 1. The second-order valence-corrected chi connectivity index (χ2v) is 10.3. The number of aromatic nitrogens is 2. The monoisotopic (exact) mass is 507 g/mol.